The van der Waals surface area contributed by atoms with Crippen LogP contribution in [0.15, 0.2) is 0 Å². The first kappa shape index (κ1) is 11.4. The van der Waals surface area contributed by atoms with Crippen molar-refractivity contribution >= 4 is 11.9 Å². The Morgan fingerprint density at radius 3 is 2.38 bits per heavy atom. The molecule has 2 rings (SSSR count). The molecule has 0 bridgehead atoms. The number of amides is 3. The van der Waals surface area contributed by atoms with E-state index in [1.165, 1.54) is 17.7 Å². The van der Waals surface area contributed by atoms with Gasteiger partial charge in [-0.1, -0.05) is 32.6 Å². The second-order valence-electron chi connectivity index (χ2n) is 4.88. The van der Waals surface area contributed by atoms with Crippen molar-refractivity contribution in [1.82, 2.24) is 10.2 Å². The van der Waals surface area contributed by atoms with Crippen molar-refractivity contribution < 1.29 is 9.59 Å². The van der Waals surface area contributed by atoms with E-state index in [-0.39, 0.29) is 11.9 Å². The molecule has 90 valence electrons. The van der Waals surface area contributed by atoms with Gasteiger partial charge in [0.25, 0.3) is 5.91 Å². The summed E-state index contributed by atoms with van der Waals surface area (Å²) < 4.78 is 0. The number of hydrogen-bond donors (Lipinski definition) is 1. The van der Waals surface area contributed by atoms with E-state index < -0.39 is 5.54 Å². The molecule has 0 radical (unpaired) electrons. The van der Waals surface area contributed by atoms with Gasteiger partial charge in [-0.2, -0.15) is 0 Å². The average molecular weight is 224 g/mol. The fourth-order valence-corrected chi connectivity index (χ4v) is 2.77. The van der Waals surface area contributed by atoms with Crippen molar-refractivity contribution in [3.8, 4) is 0 Å². The Labute approximate surface area is 96.4 Å². The molecule has 0 aromatic carbocycles. The minimum absolute atomic E-state index is 0.0150. The van der Waals surface area contributed by atoms with Crippen molar-refractivity contribution in [1.29, 1.82) is 0 Å². The summed E-state index contributed by atoms with van der Waals surface area (Å²) in [6, 6.07) is -0.186. The number of nitrogens with one attached hydrogen (secondary N) is 1. The molecular weight excluding hydrogens is 204 g/mol. The molecule has 0 aromatic heterocycles. The highest BCUT2D eigenvalue weighted by Gasteiger charge is 2.50. The molecule has 1 spiro atoms. The first-order valence-electron chi connectivity index (χ1n) is 6.34. The van der Waals surface area contributed by atoms with Gasteiger partial charge in [-0.25, -0.2) is 4.79 Å². The fourth-order valence-electron chi connectivity index (χ4n) is 2.77. The monoisotopic (exact) mass is 224 g/mol. The van der Waals surface area contributed by atoms with Crippen LogP contribution in [-0.4, -0.2) is 28.9 Å². The van der Waals surface area contributed by atoms with Crippen LogP contribution >= 0.6 is 0 Å². The summed E-state index contributed by atoms with van der Waals surface area (Å²) in [5, 5.41) is 2.93. The molecule has 3 amide bonds. The van der Waals surface area contributed by atoms with Crippen LogP contribution in [0.4, 0.5) is 4.79 Å². The van der Waals surface area contributed by atoms with Crippen LogP contribution in [0.1, 0.15) is 51.9 Å². The zero-order valence-corrected chi connectivity index (χ0v) is 9.92. The Morgan fingerprint density at radius 1 is 1.19 bits per heavy atom. The lowest BCUT2D eigenvalue weighted by molar-refractivity contribution is -0.131. The van der Waals surface area contributed by atoms with Gasteiger partial charge in [0.1, 0.15) is 5.54 Å². The van der Waals surface area contributed by atoms with Gasteiger partial charge in [0.05, 0.1) is 0 Å². The van der Waals surface area contributed by atoms with Gasteiger partial charge in [0, 0.05) is 6.54 Å². The smallest absolute Gasteiger partial charge is 0.323 e. The van der Waals surface area contributed by atoms with E-state index in [1.807, 2.05) is 6.92 Å². The van der Waals surface area contributed by atoms with Crippen molar-refractivity contribution in [3.63, 3.8) is 0 Å². The van der Waals surface area contributed by atoms with Crippen molar-refractivity contribution in [3.05, 3.63) is 0 Å². The van der Waals surface area contributed by atoms with Crippen LogP contribution in [0.3, 0.4) is 0 Å². The number of carbonyl (C=O) groups excluding carboxylic acids is 2. The SMILES string of the molecule is CCCN1C(=O)NC2(CCCCCC2)C1=O. The molecular formula is C12H20N2O2. The third-order valence-corrected chi connectivity index (χ3v) is 3.65. The van der Waals surface area contributed by atoms with Gasteiger partial charge in [-0.3, -0.25) is 9.69 Å². The number of urea groups is 1. The number of rotatable bonds is 2. The summed E-state index contributed by atoms with van der Waals surface area (Å²) in [7, 11) is 0. The average Bonchev–Trinajstić information content (AvgIpc) is 2.48. The summed E-state index contributed by atoms with van der Waals surface area (Å²) in [4.78, 5) is 25.4. The van der Waals surface area contributed by atoms with E-state index in [1.54, 1.807) is 0 Å². The van der Waals surface area contributed by atoms with Crippen LogP contribution < -0.4 is 5.32 Å². The van der Waals surface area contributed by atoms with Crippen molar-refractivity contribution in [2.24, 2.45) is 0 Å². The number of hydrogen-bond acceptors (Lipinski definition) is 2. The maximum absolute atomic E-state index is 12.3. The summed E-state index contributed by atoms with van der Waals surface area (Å²) in [5.41, 5.74) is -0.553. The van der Waals surface area contributed by atoms with Gasteiger partial charge in [0.15, 0.2) is 0 Å². The number of imide groups is 1. The van der Waals surface area contributed by atoms with E-state index in [9.17, 15) is 9.59 Å². The van der Waals surface area contributed by atoms with Crippen molar-refractivity contribution in [2.45, 2.75) is 57.4 Å². The van der Waals surface area contributed by atoms with Crippen LogP contribution in [0.2, 0.25) is 0 Å². The Bertz CT molecular complexity index is 293. The summed E-state index contributed by atoms with van der Waals surface area (Å²) in [6.07, 6.45) is 6.92. The molecule has 1 saturated heterocycles. The third-order valence-electron chi connectivity index (χ3n) is 3.65. The topological polar surface area (TPSA) is 49.4 Å². The highest BCUT2D eigenvalue weighted by Crippen LogP contribution is 2.32. The van der Waals surface area contributed by atoms with Gasteiger partial charge >= 0.3 is 6.03 Å². The maximum atomic E-state index is 12.3. The Hall–Kier alpha value is -1.06. The molecule has 1 aliphatic carbocycles. The largest absolute Gasteiger partial charge is 0.325 e. The Balaban J connectivity index is 2.16. The van der Waals surface area contributed by atoms with Crippen LogP contribution in [-0.2, 0) is 4.79 Å². The highest BCUT2D eigenvalue weighted by atomic mass is 16.2. The summed E-state index contributed by atoms with van der Waals surface area (Å²) in [5.74, 6) is 0.0150. The molecule has 1 heterocycles. The first-order valence-corrected chi connectivity index (χ1v) is 6.34. The summed E-state index contributed by atoms with van der Waals surface area (Å²) in [6.45, 7) is 2.53. The molecule has 0 unspecified atom stereocenters. The van der Waals surface area contributed by atoms with Gasteiger partial charge < -0.3 is 5.32 Å². The van der Waals surface area contributed by atoms with Gasteiger partial charge in [0.2, 0.25) is 0 Å². The quantitative estimate of drug-likeness (QED) is 0.730. The lowest BCUT2D eigenvalue weighted by Gasteiger charge is -2.24. The second kappa shape index (κ2) is 4.44. The molecule has 1 N–H and O–H groups in total. The van der Waals surface area contributed by atoms with E-state index >= 15 is 0 Å². The molecule has 0 atom stereocenters. The van der Waals surface area contributed by atoms with Crippen LogP contribution in [0.5, 0.6) is 0 Å². The predicted octanol–water partition coefficient (Wildman–Crippen LogP) is 2.04. The highest BCUT2D eigenvalue weighted by molar-refractivity contribution is 6.07. The van der Waals surface area contributed by atoms with Gasteiger partial charge in [-0.15, -0.1) is 0 Å². The molecule has 4 nitrogen and oxygen atoms in total. The molecule has 1 aliphatic heterocycles. The Kier molecular flexibility index (Phi) is 3.17. The summed E-state index contributed by atoms with van der Waals surface area (Å²) >= 11 is 0. The molecule has 1 saturated carbocycles. The lowest BCUT2D eigenvalue weighted by Crippen LogP contribution is -2.46. The van der Waals surface area contributed by atoms with Crippen LogP contribution in [0, 0.1) is 0 Å². The number of carbonyl (C=O) groups is 2. The maximum Gasteiger partial charge on any atom is 0.325 e. The zero-order valence-electron chi connectivity index (χ0n) is 9.92. The van der Waals surface area contributed by atoms with E-state index in [0.717, 1.165) is 32.1 Å². The molecule has 16 heavy (non-hydrogen) atoms. The van der Waals surface area contributed by atoms with Crippen molar-refractivity contribution in [2.75, 3.05) is 6.54 Å². The zero-order chi connectivity index (χ0) is 11.6. The van der Waals surface area contributed by atoms with E-state index in [0.29, 0.717) is 6.54 Å². The molecule has 0 aromatic rings. The Morgan fingerprint density at radius 2 is 1.81 bits per heavy atom. The standard InChI is InChI=1S/C12H20N2O2/c1-2-9-14-10(15)12(13-11(14)16)7-5-3-4-6-8-12/h2-9H2,1H3,(H,13,16). The van der Waals surface area contributed by atoms with E-state index in [2.05, 4.69) is 5.32 Å². The normalized spacial score (nSPS) is 24.7. The molecule has 4 heteroatoms. The minimum Gasteiger partial charge on any atom is -0.323 e. The molecule has 2 aliphatic rings. The lowest BCUT2D eigenvalue weighted by atomic mass is 9.90. The predicted molar refractivity (Wildman–Crippen MR) is 61.0 cm³/mol. The minimum atomic E-state index is -0.553. The number of nitrogens with zero attached hydrogens (tertiary/aromatic N) is 1. The first-order chi connectivity index (χ1) is 7.69. The van der Waals surface area contributed by atoms with Gasteiger partial charge in [-0.05, 0) is 19.3 Å². The van der Waals surface area contributed by atoms with Crippen LogP contribution in [0.25, 0.3) is 0 Å². The molecule has 2 fully saturated rings. The second-order valence-corrected chi connectivity index (χ2v) is 4.88. The fraction of sp³-hybridized carbons (Fsp3) is 0.833. The van der Waals surface area contributed by atoms with E-state index in [4.69, 9.17) is 0 Å². The third kappa shape index (κ3) is 1.81.